The Kier molecular flexibility index (Phi) is 3.35. The highest BCUT2D eigenvalue weighted by Gasteiger charge is 2.31. The van der Waals surface area contributed by atoms with Crippen LogP contribution in [-0.2, 0) is 6.42 Å². The van der Waals surface area contributed by atoms with Crippen LogP contribution in [0.4, 0.5) is 11.8 Å². The van der Waals surface area contributed by atoms with Gasteiger partial charge >= 0.3 is 0 Å². The summed E-state index contributed by atoms with van der Waals surface area (Å²) in [7, 11) is 0. The van der Waals surface area contributed by atoms with Crippen LogP contribution < -0.4 is 11.1 Å². The average molecular weight is 321 g/mol. The number of aryl methyl sites for hydroxylation is 2. The zero-order chi connectivity index (χ0) is 16.8. The molecule has 4 rings (SSSR count). The van der Waals surface area contributed by atoms with Gasteiger partial charge in [0.15, 0.2) is 5.65 Å². The molecule has 0 radical (unpaired) electrons. The van der Waals surface area contributed by atoms with Gasteiger partial charge in [0, 0.05) is 12.1 Å². The molecule has 0 fully saturated rings. The number of nitrogen functional groups attached to an aromatic ring is 1. The summed E-state index contributed by atoms with van der Waals surface area (Å²) >= 11 is 0. The van der Waals surface area contributed by atoms with Crippen molar-refractivity contribution in [1.29, 1.82) is 0 Å². The van der Waals surface area contributed by atoms with Gasteiger partial charge in [0.05, 0.1) is 17.5 Å². The van der Waals surface area contributed by atoms with Gasteiger partial charge in [-0.15, -0.1) is 0 Å². The Labute approximate surface area is 139 Å². The van der Waals surface area contributed by atoms with E-state index >= 15 is 0 Å². The number of nitrogens with one attached hydrogen (secondary N) is 1. The van der Waals surface area contributed by atoms with Crippen molar-refractivity contribution in [2.45, 2.75) is 32.4 Å². The Morgan fingerprint density at radius 2 is 1.96 bits per heavy atom. The minimum Gasteiger partial charge on any atom is -0.390 e. The van der Waals surface area contributed by atoms with E-state index in [-0.39, 0.29) is 6.04 Å². The number of nitrogens with zero attached hydrogens (tertiary/aromatic N) is 3. The number of aromatic nitrogens is 3. The van der Waals surface area contributed by atoms with Crippen molar-refractivity contribution in [2.75, 3.05) is 11.1 Å². The van der Waals surface area contributed by atoms with E-state index in [0.717, 1.165) is 27.8 Å². The largest absolute Gasteiger partial charge is 0.390 e. The maximum Gasteiger partial charge on any atom is 0.227 e. The van der Waals surface area contributed by atoms with Crippen LogP contribution in [0.25, 0.3) is 11.0 Å². The lowest BCUT2D eigenvalue weighted by atomic mass is 10.1. The van der Waals surface area contributed by atoms with Crippen LogP contribution in [0.2, 0.25) is 0 Å². The fourth-order valence-corrected chi connectivity index (χ4v) is 3.46. The number of pyridine rings is 1. The molecule has 0 bridgehead atoms. The van der Waals surface area contributed by atoms with Gasteiger partial charge in [-0.25, -0.2) is 4.98 Å². The van der Waals surface area contributed by atoms with Gasteiger partial charge in [-0.05, 0) is 36.6 Å². The number of aliphatic hydroxyl groups is 1. The third-order valence-corrected chi connectivity index (χ3v) is 4.51. The average Bonchev–Trinajstić information content (AvgIpc) is 2.82. The van der Waals surface area contributed by atoms with Crippen LogP contribution >= 0.6 is 0 Å². The molecule has 1 aliphatic rings. The summed E-state index contributed by atoms with van der Waals surface area (Å²) in [6.07, 6.45) is 0.100. The van der Waals surface area contributed by atoms with Crippen molar-refractivity contribution in [3.05, 3.63) is 52.7 Å². The molecule has 1 aliphatic carbocycles. The number of anilines is 2. The molecule has 1 aromatic carbocycles. The van der Waals surface area contributed by atoms with Gasteiger partial charge in [0.25, 0.3) is 0 Å². The predicted octanol–water partition coefficient (Wildman–Crippen LogP) is 2.29. The van der Waals surface area contributed by atoms with Crippen molar-refractivity contribution < 1.29 is 5.11 Å². The second kappa shape index (κ2) is 5.42. The number of nitrogens with two attached hydrogens (primary N) is 1. The molecule has 2 atom stereocenters. The summed E-state index contributed by atoms with van der Waals surface area (Å²) in [6, 6.07) is 9.71. The molecular formula is C18H19N5O. The van der Waals surface area contributed by atoms with Gasteiger partial charge in [0.1, 0.15) is 5.82 Å². The lowest BCUT2D eigenvalue weighted by Crippen LogP contribution is -2.22. The molecule has 2 aromatic heterocycles. The van der Waals surface area contributed by atoms with Crippen LogP contribution in [-0.4, -0.2) is 26.2 Å². The van der Waals surface area contributed by atoms with E-state index in [4.69, 9.17) is 5.73 Å². The van der Waals surface area contributed by atoms with E-state index in [2.05, 4.69) is 20.3 Å². The molecule has 0 aliphatic heterocycles. The molecule has 24 heavy (non-hydrogen) atoms. The lowest BCUT2D eigenvalue weighted by Gasteiger charge is -2.18. The topological polar surface area (TPSA) is 97.0 Å². The SMILES string of the molecule is Cc1cc(C)c2c(N)nc(N[C@H]3c4ccccc4C[C@@H]3O)nc2n1. The van der Waals surface area contributed by atoms with Crippen LogP contribution in [0.5, 0.6) is 0 Å². The third kappa shape index (κ3) is 2.35. The molecule has 0 saturated carbocycles. The normalized spacial score (nSPS) is 19.5. The van der Waals surface area contributed by atoms with Crippen LogP contribution in [0, 0.1) is 13.8 Å². The van der Waals surface area contributed by atoms with Gasteiger partial charge in [-0.3, -0.25) is 0 Å². The zero-order valence-electron chi connectivity index (χ0n) is 13.6. The van der Waals surface area contributed by atoms with E-state index in [1.165, 1.54) is 0 Å². The number of aliphatic hydroxyl groups excluding tert-OH is 1. The first-order valence-corrected chi connectivity index (χ1v) is 7.97. The van der Waals surface area contributed by atoms with Crippen molar-refractivity contribution >= 4 is 22.8 Å². The van der Waals surface area contributed by atoms with Gasteiger partial charge in [-0.1, -0.05) is 24.3 Å². The molecule has 3 aromatic rings. The zero-order valence-corrected chi connectivity index (χ0v) is 13.6. The fraction of sp³-hybridized carbons (Fsp3) is 0.278. The summed E-state index contributed by atoms with van der Waals surface area (Å²) in [4.78, 5) is 13.3. The lowest BCUT2D eigenvalue weighted by molar-refractivity contribution is 0.165. The number of rotatable bonds is 2. The minimum absolute atomic E-state index is 0.246. The molecule has 2 heterocycles. The Balaban J connectivity index is 1.76. The first-order chi connectivity index (χ1) is 11.5. The molecule has 4 N–H and O–H groups in total. The highest BCUT2D eigenvalue weighted by molar-refractivity contribution is 5.89. The first-order valence-electron chi connectivity index (χ1n) is 7.97. The predicted molar refractivity (Wildman–Crippen MR) is 93.7 cm³/mol. The quantitative estimate of drug-likeness (QED) is 0.670. The Morgan fingerprint density at radius 3 is 2.79 bits per heavy atom. The summed E-state index contributed by atoms with van der Waals surface area (Å²) in [5.41, 5.74) is 10.8. The van der Waals surface area contributed by atoms with E-state index in [1.54, 1.807) is 0 Å². The standard InChI is InChI=1S/C18H19N5O/c1-9-7-10(2)20-17-14(9)16(19)22-18(23-17)21-15-12-6-4-3-5-11(12)8-13(15)24/h3-7,13,15,24H,8H2,1-2H3,(H3,19,20,21,22,23)/t13-,15-/m0/s1. The minimum atomic E-state index is -0.518. The molecule has 0 spiro atoms. The second-order valence-electron chi connectivity index (χ2n) is 6.30. The van der Waals surface area contributed by atoms with Crippen LogP contribution in [0.3, 0.4) is 0 Å². The number of fused-ring (bicyclic) bond motifs is 2. The summed E-state index contributed by atoms with van der Waals surface area (Å²) in [5, 5.41) is 14.4. The Hall–Kier alpha value is -2.73. The van der Waals surface area contributed by atoms with Gasteiger partial charge in [-0.2, -0.15) is 9.97 Å². The van der Waals surface area contributed by atoms with Crippen molar-refractivity contribution in [1.82, 2.24) is 15.0 Å². The van der Waals surface area contributed by atoms with Crippen molar-refractivity contribution in [2.24, 2.45) is 0 Å². The number of hydrogen-bond donors (Lipinski definition) is 3. The van der Waals surface area contributed by atoms with Crippen molar-refractivity contribution in [3.8, 4) is 0 Å². The number of hydrogen-bond acceptors (Lipinski definition) is 6. The van der Waals surface area contributed by atoms with E-state index < -0.39 is 6.10 Å². The molecule has 0 unspecified atom stereocenters. The highest BCUT2D eigenvalue weighted by atomic mass is 16.3. The van der Waals surface area contributed by atoms with Gasteiger partial charge in [0.2, 0.25) is 5.95 Å². The first kappa shape index (κ1) is 14.8. The molecule has 0 amide bonds. The number of benzene rings is 1. The van der Waals surface area contributed by atoms with Crippen LogP contribution in [0.1, 0.15) is 28.4 Å². The van der Waals surface area contributed by atoms with Crippen molar-refractivity contribution in [3.63, 3.8) is 0 Å². The molecule has 6 heteroatoms. The molecule has 122 valence electrons. The summed E-state index contributed by atoms with van der Waals surface area (Å²) in [6.45, 7) is 3.90. The summed E-state index contributed by atoms with van der Waals surface area (Å²) in [5.74, 6) is 0.784. The smallest absolute Gasteiger partial charge is 0.227 e. The Bertz CT molecular complexity index is 940. The van der Waals surface area contributed by atoms with E-state index in [9.17, 15) is 5.11 Å². The molecule has 6 nitrogen and oxygen atoms in total. The monoisotopic (exact) mass is 321 g/mol. The Morgan fingerprint density at radius 1 is 1.17 bits per heavy atom. The van der Waals surface area contributed by atoms with Gasteiger partial charge < -0.3 is 16.2 Å². The van der Waals surface area contributed by atoms with Crippen LogP contribution in [0.15, 0.2) is 30.3 Å². The highest BCUT2D eigenvalue weighted by Crippen LogP contribution is 2.34. The molecular weight excluding hydrogens is 302 g/mol. The van der Waals surface area contributed by atoms with E-state index in [0.29, 0.717) is 23.8 Å². The summed E-state index contributed by atoms with van der Waals surface area (Å²) < 4.78 is 0. The maximum atomic E-state index is 10.4. The molecule has 0 saturated heterocycles. The fourth-order valence-electron chi connectivity index (χ4n) is 3.46. The second-order valence-corrected chi connectivity index (χ2v) is 6.30. The van der Waals surface area contributed by atoms with E-state index in [1.807, 2.05) is 44.2 Å². The maximum absolute atomic E-state index is 10.4. The third-order valence-electron chi connectivity index (χ3n) is 4.51.